The Morgan fingerprint density at radius 1 is 1.15 bits per heavy atom. The lowest BCUT2D eigenvalue weighted by Gasteiger charge is -2.27. The van der Waals surface area contributed by atoms with Crippen LogP contribution in [0.25, 0.3) is 0 Å². The molecular formula is C22H28N2O3. The van der Waals surface area contributed by atoms with Crippen LogP contribution < -0.4 is 15.0 Å². The monoisotopic (exact) mass is 368 g/mol. The molecule has 0 unspecified atom stereocenters. The molecule has 0 aromatic heterocycles. The van der Waals surface area contributed by atoms with E-state index < -0.39 is 0 Å². The molecule has 0 saturated heterocycles. The normalized spacial score (nSPS) is 10.6. The summed E-state index contributed by atoms with van der Waals surface area (Å²) in [4.78, 5) is 26.4. The minimum atomic E-state index is -0.189. The van der Waals surface area contributed by atoms with Crippen LogP contribution in [0.15, 0.2) is 42.5 Å². The van der Waals surface area contributed by atoms with Crippen LogP contribution in [-0.4, -0.2) is 32.0 Å². The summed E-state index contributed by atoms with van der Waals surface area (Å²) in [5, 5.41) is 2.89. The van der Waals surface area contributed by atoms with Crippen molar-refractivity contribution < 1.29 is 14.3 Å². The van der Waals surface area contributed by atoms with Crippen LogP contribution in [-0.2, 0) is 4.79 Å². The van der Waals surface area contributed by atoms with Crippen LogP contribution in [0.5, 0.6) is 5.75 Å². The van der Waals surface area contributed by atoms with Crippen molar-refractivity contribution in [3.05, 3.63) is 59.2 Å². The van der Waals surface area contributed by atoms with Crippen molar-refractivity contribution in [1.29, 1.82) is 0 Å². The fourth-order valence-electron chi connectivity index (χ4n) is 3.09. The topological polar surface area (TPSA) is 58.6 Å². The zero-order chi connectivity index (χ0) is 20.0. The Labute approximate surface area is 161 Å². The molecule has 2 aromatic rings. The molecule has 0 aliphatic rings. The van der Waals surface area contributed by atoms with E-state index in [2.05, 4.69) is 25.2 Å². The van der Waals surface area contributed by atoms with Crippen LogP contribution >= 0.6 is 0 Å². The molecule has 0 radical (unpaired) electrons. The molecule has 5 nitrogen and oxygen atoms in total. The number of methoxy groups -OCH3 is 1. The Morgan fingerprint density at radius 3 is 2.48 bits per heavy atom. The summed E-state index contributed by atoms with van der Waals surface area (Å²) >= 11 is 0. The maximum atomic E-state index is 12.4. The molecule has 2 amide bonds. The van der Waals surface area contributed by atoms with E-state index in [1.165, 1.54) is 0 Å². The highest BCUT2D eigenvalue weighted by Gasteiger charge is 2.19. The predicted octanol–water partition coefficient (Wildman–Crippen LogP) is 3.91. The molecule has 0 fully saturated rings. The number of carbonyl (C=O) groups is 2. The summed E-state index contributed by atoms with van der Waals surface area (Å²) in [5.74, 6) is 0.704. The van der Waals surface area contributed by atoms with Gasteiger partial charge in [0.2, 0.25) is 5.91 Å². The van der Waals surface area contributed by atoms with Gasteiger partial charge in [0, 0.05) is 25.6 Å². The van der Waals surface area contributed by atoms with Crippen molar-refractivity contribution in [3.63, 3.8) is 0 Å². The van der Waals surface area contributed by atoms with Crippen LogP contribution in [0, 0.1) is 6.92 Å². The summed E-state index contributed by atoms with van der Waals surface area (Å²) < 4.78 is 5.15. The van der Waals surface area contributed by atoms with Crippen molar-refractivity contribution in [3.8, 4) is 5.75 Å². The SMILES string of the molecule is COc1cccc(C(=O)NCCN(C(C)=O)c2c(C)cccc2C(C)C)c1. The van der Waals surface area contributed by atoms with Gasteiger partial charge in [-0.15, -0.1) is 0 Å². The largest absolute Gasteiger partial charge is 0.497 e. The Bertz CT molecular complexity index is 815. The summed E-state index contributed by atoms with van der Waals surface area (Å²) in [5.41, 5.74) is 3.65. The fourth-order valence-corrected chi connectivity index (χ4v) is 3.09. The lowest BCUT2D eigenvalue weighted by Crippen LogP contribution is -2.38. The molecule has 5 heteroatoms. The fraction of sp³-hybridized carbons (Fsp3) is 0.364. The number of hydrogen-bond donors (Lipinski definition) is 1. The number of anilines is 1. The zero-order valence-corrected chi connectivity index (χ0v) is 16.7. The highest BCUT2D eigenvalue weighted by atomic mass is 16.5. The Balaban J connectivity index is 2.12. The van der Waals surface area contributed by atoms with E-state index in [-0.39, 0.29) is 11.8 Å². The van der Waals surface area contributed by atoms with Gasteiger partial charge in [-0.25, -0.2) is 0 Å². The highest BCUT2D eigenvalue weighted by Crippen LogP contribution is 2.30. The Kier molecular flexibility index (Phi) is 6.99. The first-order valence-electron chi connectivity index (χ1n) is 9.15. The number of para-hydroxylation sites is 1. The van der Waals surface area contributed by atoms with E-state index >= 15 is 0 Å². The van der Waals surface area contributed by atoms with E-state index in [0.29, 0.717) is 30.3 Å². The summed E-state index contributed by atoms with van der Waals surface area (Å²) in [6, 6.07) is 13.1. The molecule has 0 aliphatic heterocycles. The van der Waals surface area contributed by atoms with Crippen LogP contribution in [0.3, 0.4) is 0 Å². The third-order valence-electron chi connectivity index (χ3n) is 4.49. The van der Waals surface area contributed by atoms with E-state index in [9.17, 15) is 9.59 Å². The summed E-state index contributed by atoms with van der Waals surface area (Å²) in [6.45, 7) is 8.56. The number of hydrogen-bond acceptors (Lipinski definition) is 3. The first kappa shape index (κ1) is 20.5. The highest BCUT2D eigenvalue weighted by molar-refractivity contribution is 5.95. The number of nitrogens with zero attached hydrogens (tertiary/aromatic N) is 1. The van der Waals surface area contributed by atoms with Crippen molar-refractivity contribution in [2.45, 2.75) is 33.6 Å². The number of benzene rings is 2. The second-order valence-corrected chi connectivity index (χ2v) is 6.83. The number of carbonyl (C=O) groups excluding carboxylic acids is 2. The number of nitrogens with one attached hydrogen (secondary N) is 1. The first-order chi connectivity index (χ1) is 12.8. The van der Waals surface area contributed by atoms with Gasteiger partial charge in [0.15, 0.2) is 0 Å². The van der Waals surface area contributed by atoms with Gasteiger partial charge in [0.05, 0.1) is 12.8 Å². The predicted molar refractivity (Wildman–Crippen MR) is 109 cm³/mol. The van der Waals surface area contributed by atoms with Crippen molar-refractivity contribution in [2.75, 3.05) is 25.1 Å². The molecule has 0 aliphatic carbocycles. The number of rotatable bonds is 7. The molecule has 2 aromatic carbocycles. The molecule has 0 bridgehead atoms. The van der Waals surface area contributed by atoms with Gasteiger partial charge < -0.3 is 15.0 Å². The van der Waals surface area contributed by atoms with E-state index in [1.807, 2.05) is 19.1 Å². The molecular weight excluding hydrogens is 340 g/mol. The van der Waals surface area contributed by atoms with Gasteiger partial charge in [0.25, 0.3) is 5.91 Å². The zero-order valence-electron chi connectivity index (χ0n) is 16.7. The average Bonchev–Trinajstić information content (AvgIpc) is 2.65. The number of aryl methyl sites for hydroxylation is 1. The first-order valence-corrected chi connectivity index (χ1v) is 9.15. The molecule has 0 saturated carbocycles. The lowest BCUT2D eigenvalue weighted by molar-refractivity contribution is -0.116. The Morgan fingerprint density at radius 2 is 1.85 bits per heavy atom. The quantitative estimate of drug-likeness (QED) is 0.806. The van der Waals surface area contributed by atoms with E-state index in [4.69, 9.17) is 4.74 Å². The maximum absolute atomic E-state index is 12.4. The van der Waals surface area contributed by atoms with Crippen molar-refractivity contribution in [2.24, 2.45) is 0 Å². The minimum absolute atomic E-state index is 0.0400. The van der Waals surface area contributed by atoms with E-state index in [0.717, 1.165) is 16.8 Å². The second-order valence-electron chi connectivity index (χ2n) is 6.83. The van der Waals surface area contributed by atoms with Gasteiger partial charge >= 0.3 is 0 Å². The van der Waals surface area contributed by atoms with Crippen molar-refractivity contribution >= 4 is 17.5 Å². The summed E-state index contributed by atoms with van der Waals surface area (Å²) in [7, 11) is 1.57. The molecule has 1 N–H and O–H groups in total. The maximum Gasteiger partial charge on any atom is 0.251 e. The third-order valence-corrected chi connectivity index (χ3v) is 4.49. The lowest BCUT2D eigenvalue weighted by atomic mass is 9.97. The molecule has 27 heavy (non-hydrogen) atoms. The van der Waals surface area contributed by atoms with Gasteiger partial charge in [-0.05, 0) is 42.2 Å². The molecule has 144 valence electrons. The number of ether oxygens (including phenoxy) is 1. The van der Waals surface area contributed by atoms with E-state index in [1.54, 1.807) is 43.2 Å². The third kappa shape index (κ3) is 5.09. The second kappa shape index (κ2) is 9.21. The van der Waals surface area contributed by atoms with Gasteiger partial charge in [-0.2, -0.15) is 0 Å². The Hall–Kier alpha value is -2.82. The summed E-state index contributed by atoms with van der Waals surface area (Å²) in [6.07, 6.45) is 0. The smallest absolute Gasteiger partial charge is 0.251 e. The minimum Gasteiger partial charge on any atom is -0.497 e. The molecule has 0 atom stereocenters. The molecule has 0 spiro atoms. The standard InChI is InChI=1S/C22H28N2O3/c1-15(2)20-11-6-8-16(3)21(20)24(17(4)25)13-12-23-22(26)18-9-7-10-19(14-18)27-5/h6-11,14-15H,12-13H2,1-5H3,(H,23,26). The number of amides is 2. The van der Waals surface area contributed by atoms with Crippen LogP contribution in [0.1, 0.15) is 48.2 Å². The van der Waals surface area contributed by atoms with Crippen LogP contribution in [0.2, 0.25) is 0 Å². The molecule has 2 rings (SSSR count). The van der Waals surface area contributed by atoms with Gasteiger partial charge in [0.1, 0.15) is 5.75 Å². The van der Waals surface area contributed by atoms with Crippen molar-refractivity contribution in [1.82, 2.24) is 5.32 Å². The average molecular weight is 368 g/mol. The van der Waals surface area contributed by atoms with Gasteiger partial charge in [-0.3, -0.25) is 9.59 Å². The van der Waals surface area contributed by atoms with Gasteiger partial charge in [-0.1, -0.05) is 38.1 Å². The van der Waals surface area contributed by atoms with Crippen LogP contribution in [0.4, 0.5) is 5.69 Å². The molecule has 0 heterocycles.